The number of rotatable bonds is 4. The number of pyridine rings is 2. The number of halogens is 2. The molecule has 5 nitrogen and oxygen atoms in total. The molecule has 0 N–H and O–H groups in total. The van der Waals surface area contributed by atoms with Crippen molar-refractivity contribution in [3.63, 3.8) is 0 Å². The van der Waals surface area contributed by atoms with E-state index in [4.69, 9.17) is 7.48 Å². The smallest absolute Gasteiger partial charge is 0.151 e. The molecular formula is C19H15F2N3O2. The number of nitrogens with zero attached hydrogens (tertiary/aromatic N) is 3. The van der Waals surface area contributed by atoms with E-state index in [1.807, 2.05) is 6.92 Å². The molecule has 0 saturated carbocycles. The maximum Gasteiger partial charge on any atom is 0.151 e. The molecule has 7 heteroatoms. The van der Waals surface area contributed by atoms with Crippen molar-refractivity contribution < 1.29 is 21.1 Å². The van der Waals surface area contributed by atoms with Crippen molar-refractivity contribution in [3.05, 3.63) is 82.9 Å². The lowest BCUT2D eigenvalue weighted by Gasteiger charge is -2.29. The third-order valence-corrected chi connectivity index (χ3v) is 3.63. The van der Waals surface area contributed by atoms with Crippen LogP contribution in [0.4, 0.5) is 14.5 Å². The van der Waals surface area contributed by atoms with Crippen LogP contribution in [0.15, 0.2) is 60.0 Å². The van der Waals surface area contributed by atoms with E-state index in [0.29, 0.717) is 23.6 Å². The zero-order chi connectivity index (χ0) is 20.5. The van der Waals surface area contributed by atoms with Gasteiger partial charge in [-0.15, -0.1) is 0 Å². The zero-order valence-electron chi connectivity index (χ0n) is 16.0. The second kappa shape index (κ2) is 7.29. The van der Waals surface area contributed by atoms with Gasteiger partial charge in [0.25, 0.3) is 0 Å². The predicted octanol–water partition coefficient (Wildman–Crippen LogP) is 3.60. The Labute approximate surface area is 151 Å². The Kier molecular flexibility index (Phi) is 4.20. The Morgan fingerprint density at radius 3 is 2.81 bits per heavy atom. The van der Waals surface area contributed by atoms with E-state index in [0.717, 1.165) is 5.56 Å². The molecule has 3 rings (SSSR count). The Hall–Kier alpha value is -3.31. The average Bonchev–Trinajstić information content (AvgIpc) is 2.61. The van der Waals surface area contributed by atoms with Crippen LogP contribution in [-0.4, -0.2) is 15.9 Å². The third kappa shape index (κ3) is 3.53. The van der Waals surface area contributed by atoms with Crippen LogP contribution in [-0.2, 0) is 16.1 Å². The highest BCUT2D eigenvalue weighted by atomic mass is 19.1. The lowest BCUT2D eigenvalue weighted by atomic mass is 10.1. The molecule has 0 amide bonds. The van der Waals surface area contributed by atoms with Crippen molar-refractivity contribution >= 4 is 11.6 Å². The summed E-state index contributed by atoms with van der Waals surface area (Å²) in [5.74, 6) is -0.345. The molecule has 26 heavy (non-hydrogen) atoms. The molecule has 0 aromatic carbocycles. The van der Waals surface area contributed by atoms with Crippen LogP contribution in [0.25, 0.3) is 0 Å². The van der Waals surface area contributed by atoms with E-state index in [9.17, 15) is 13.6 Å². The van der Waals surface area contributed by atoms with Gasteiger partial charge < -0.3 is 9.64 Å². The standard InChI is InChI=1S/C19H15F2N3O2/c1-12-8-22-4-3-19(12)24-13(2)5-16(7-15(24)10-25)26-11-18-17(21)6-14(20)9-23-18/h3-9H,11H2,1-2H3/i11D2. The van der Waals surface area contributed by atoms with Crippen LogP contribution in [0.5, 0.6) is 0 Å². The second-order valence-corrected chi connectivity index (χ2v) is 5.51. The van der Waals surface area contributed by atoms with Gasteiger partial charge in [0.1, 0.15) is 29.5 Å². The highest BCUT2D eigenvalue weighted by Crippen LogP contribution is 2.31. The summed E-state index contributed by atoms with van der Waals surface area (Å²) in [5.41, 5.74) is 1.44. The highest BCUT2D eigenvalue weighted by molar-refractivity contribution is 5.74. The van der Waals surface area contributed by atoms with Crippen LogP contribution in [0, 0.1) is 18.6 Å². The fraction of sp³-hybridized carbons (Fsp3) is 0.158. The zero-order valence-corrected chi connectivity index (χ0v) is 14.0. The molecule has 3 heterocycles. The van der Waals surface area contributed by atoms with Crippen LogP contribution in [0.3, 0.4) is 0 Å². The first-order valence-electron chi connectivity index (χ1n) is 8.59. The number of hydrogen-bond acceptors (Lipinski definition) is 5. The number of ether oxygens (including phenoxy) is 1. The Morgan fingerprint density at radius 2 is 2.12 bits per heavy atom. The molecule has 0 saturated heterocycles. The first kappa shape index (κ1) is 15.0. The van der Waals surface area contributed by atoms with Crippen molar-refractivity contribution in [2.45, 2.75) is 20.4 Å². The summed E-state index contributed by atoms with van der Waals surface area (Å²) in [6, 6.07) is 2.24. The van der Waals surface area contributed by atoms with Crippen LogP contribution in [0.1, 0.15) is 20.9 Å². The SMILES string of the molecule is [2H]C([2H])(OC1=CC(=C=O)N(c2ccncc2C)C(C)=C1)c1ncc(F)cc1F. The van der Waals surface area contributed by atoms with E-state index in [-0.39, 0.29) is 11.5 Å². The second-order valence-electron chi connectivity index (χ2n) is 5.51. The summed E-state index contributed by atoms with van der Waals surface area (Å²) in [7, 11) is 0. The lowest BCUT2D eigenvalue weighted by molar-refractivity contribution is 0.201. The summed E-state index contributed by atoms with van der Waals surface area (Å²) in [4.78, 5) is 20.6. The summed E-state index contributed by atoms with van der Waals surface area (Å²) in [6.07, 6.45) is 6.68. The Bertz CT molecular complexity index is 1050. The van der Waals surface area contributed by atoms with Gasteiger partial charge in [0.2, 0.25) is 0 Å². The maximum absolute atomic E-state index is 13.9. The minimum Gasteiger partial charge on any atom is -0.487 e. The number of aromatic nitrogens is 2. The number of hydrogen-bond donors (Lipinski definition) is 0. The van der Waals surface area contributed by atoms with E-state index in [1.165, 1.54) is 12.2 Å². The molecule has 1 aliphatic rings. The van der Waals surface area contributed by atoms with Gasteiger partial charge >= 0.3 is 0 Å². The molecule has 0 fully saturated rings. The molecule has 2 aromatic rings. The summed E-state index contributed by atoms with van der Waals surface area (Å²) in [6.45, 7) is 0.832. The molecule has 0 radical (unpaired) electrons. The number of carbonyl (C=O) groups excluding carboxylic acids is 1. The molecule has 0 unspecified atom stereocenters. The van der Waals surface area contributed by atoms with Crippen molar-refractivity contribution in [2.24, 2.45) is 0 Å². The van der Waals surface area contributed by atoms with Gasteiger partial charge in [-0.2, -0.15) is 0 Å². The topological polar surface area (TPSA) is 55.3 Å². The normalized spacial score (nSPS) is 15.5. The van der Waals surface area contributed by atoms with E-state index >= 15 is 0 Å². The molecule has 132 valence electrons. The van der Waals surface area contributed by atoms with Gasteiger partial charge in [-0.1, -0.05) is 0 Å². The molecule has 0 atom stereocenters. The quantitative estimate of drug-likeness (QED) is 0.783. The van der Waals surface area contributed by atoms with Gasteiger partial charge in [0.15, 0.2) is 11.8 Å². The first-order valence-corrected chi connectivity index (χ1v) is 7.59. The van der Waals surface area contributed by atoms with Gasteiger partial charge in [-0.3, -0.25) is 9.97 Å². The van der Waals surface area contributed by atoms with Crippen molar-refractivity contribution in [3.8, 4) is 0 Å². The Morgan fingerprint density at radius 1 is 1.31 bits per heavy atom. The number of allylic oxidation sites excluding steroid dienone is 3. The number of aryl methyl sites for hydroxylation is 1. The lowest BCUT2D eigenvalue weighted by Crippen LogP contribution is -2.24. The summed E-state index contributed by atoms with van der Waals surface area (Å²) < 4.78 is 48.1. The third-order valence-electron chi connectivity index (χ3n) is 3.63. The largest absolute Gasteiger partial charge is 0.487 e. The average molecular weight is 357 g/mol. The van der Waals surface area contributed by atoms with Crippen molar-refractivity contribution in [2.75, 3.05) is 4.90 Å². The van der Waals surface area contributed by atoms with E-state index in [1.54, 1.807) is 36.2 Å². The minimum absolute atomic E-state index is 0.0330. The monoisotopic (exact) mass is 357 g/mol. The van der Waals surface area contributed by atoms with Crippen LogP contribution < -0.4 is 4.90 Å². The summed E-state index contributed by atoms with van der Waals surface area (Å²) in [5, 5.41) is 0. The van der Waals surface area contributed by atoms with Gasteiger partial charge in [-0.25, -0.2) is 13.6 Å². The Balaban J connectivity index is 1.94. The van der Waals surface area contributed by atoms with Gasteiger partial charge in [-0.05, 0) is 31.6 Å². The van der Waals surface area contributed by atoms with Crippen LogP contribution in [0.2, 0.25) is 0 Å². The fourth-order valence-electron chi connectivity index (χ4n) is 2.47. The molecule has 2 aromatic heterocycles. The van der Waals surface area contributed by atoms with Gasteiger partial charge in [0, 0.05) is 30.2 Å². The minimum atomic E-state index is -2.69. The first-order chi connectivity index (χ1) is 13.2. The fourth-order valence-corrected chi connectivity index (χ4v) is 2.47. The van der Waals surface area contributed by atoms with Crippen LogP contribution >= 0.6 is 0 Å². The van der Waals surface area contributed by atoms with Crippen molar-refractivity contribution in [1.82, 2.24) is 9.97 Å². The highest BCUT2D eigenvalue weighted by Gasteiger charge is 2.21. The van der Waals surface area contributed by atoms with E-state index in [2.05, 4.69) is 9.97 Å². The molecule has 0 spiro atoms. The van der Waals surface area contributed by atoms with Gasteiger partial charge in [0.05, 0.1) is 14.6 Å². The maximum atomic E-state index is 13.9. The number of anilines is 1. The molecule has 1 aliphatic heterocycles. The summed E-state index contributed by atoms with van der Waals surface area (Å²) >= 11 is 0. The van der Waals surface area contributed by atoms with Crippen molar-refractivity contribution in [1.29, 1.82) is 0 Å². The molecular weight excluding hydrogens is 340 g/mol. The molecule has 0 aliphatic carbocycles. The van der Waals surface area contributed by atoms with E-state index < -0.39 is 23.9 Å². The molecule has 0 bridgehead atoms. The predicted molar refractivity (Wildman–Crippen MR) is 91.4 cm³/mol.